The number of oxime groups is 1. The van der Waals surface area contributed by atoms with Crippen molar-refractivity contribution in [2.75, 3.05) is 36.6 Å². The van der Waals surface area contributed by atoms with E-state index < -0.39 is 5.91 Å². The van der Waals surface area contributed by atoms with Crippen LogP contribution in [0.3, 0.4) is 0 Å². The van der Waals surface area contributed by atoms with Gasteiger partial charge in [0.15, 0.2) is 0 Å². The number of amides is 3. The molecule has 0 saturated heterocycles. The van der Waals surface area contributed by atoms with Crippen LogP contribution in [-0.4, -0.2) is 61.3 Å². The molecule has 6 rings (SSSR count). The van der Waals surface area contributed by atoms with E-state index in [9.17, 15) is 19.6 Å². The molecule has 0 radical (unpaired) electrons. The molecule has 0 fully saturated rings. The summed E-state index contributed by atoms with van der Waals surface area (Å²) in [6.45, 7) is 6.99. The molecular formula is C51H53BrClN7O5. The molecule has 5 aromatic rings. The highest BCUT2D eigenvalue weighted by Crippen LogP contribution is 2.41. The lowest BCUT2D eigenvalue weighted by molar-refractivity contribution is -0.118. The Morgan fingerprint density at radius 2 is 1.74 bits per heavy atom. The third-order valence-electron chi connectivity index (χ3n) is 10.9. The lowest BCUT2D eigenvalue weighted by Gasteiger charge is -2.39. The Labute approximate surface area is 394 Å². The van der Waals surface area contributed by atoms with E-state index in [1.54, 1.807) is 31.3 Å². The number of nitriles is 1. The maximum atomic E-state index is 13.0. The van der Waals surface area contributed by atoms with Crippen molar-refractivity contribution in [3.63, 3.8) is 0 Å². The first kappa shape index (κ1) is 48.1. The van der Waals surface area contributed by atoms with Crippen molar-refractivity contribution in [3.8, 4) is 17.2 Å². The number of aryl methyl sites for hydroxylation is 1. The van der Waals surface area contributed by atoms with E-state index in [-0.39, 0.29) is 42.1 Å². The Balaban J connectivity index is 0.886. The van der Waals surface area contributed by atoms with Crippen LogP contribution in [0, 0.1) is 11.3 Å². The summed E-state index contributed by atoms with van der Waals surface area (Å²) in [5, 5.41) is 23.9. The van der Waals surface area contributed by atoms with Crippen molar-refractivity contribution in [1.82, 2.24) is 15.6 Å². The van der Waals surface area contributed by atoms with Gasteiger partial charge in [-0.15, -0.1) is 0 Å². The molecule has 0 aliphatic carbocycles. The van der Waals surface area contributed by atoms with Crippen molar-refractivity contribution in [2.45, 2.75) is 71.0 Å². The maximum absolute atomic E-state index is 13.0. The molecule has 1 aromatic heterocycles. The number of benzene rings is 4. The number of nitrogens with one attached hydrogen (secondary N) is 3. The van der Waals surface area contributed by atoms with Crippen LogP contribution in [0.5, 0.6) is 0 Å². The monoisotopic (exact) mass is 957 g/mol. The van der Waals surface area contributed by atoms with Gasteiger partial charge < -0.3 is 30.4 Å². The summed E-state index contributed by atoms with van der Waals surface area (Å²) in [6, 6.07) is 36.4. The second kappa shape index (κ2) is 24.1. The van der Waals surface area contributed by atoms with Gasteiger partial charge in [-0.1, -0.05) is 78.6 Å². The standard InChI is InChI=1S/C51H53BrClN7O5/c1-4-7-46(59-51(63)41(33-54)31-44-9-5-10-49(52)58-44)38-13-11-36(12-14-38)8-6-25-56-65-29-28-64-27-26-55-50(62)39-17-15-37(16-18-39)40-19-24-48-45(32-40)47(30-34(2)60(48)35(3)61)57-43-22-20-42(53)21-23-43/h5,9-25,31-32,34,46-47,57H,4,6-8,26-30H2,1-3H3,(H,55,62)(H,59,63)/b41-31+,56-25+/t34-,46-,47+/m0/s1. The number of rotatable bonds is 20. The van der Waals surface area contributed by atoms with Crippen molar-refractivity contribution in [2.24, 2.45) is 5.16 Å². The number of aromatic nitrogens is 1. The predicted octanol–water partition coefficient (Wildman–Crippen LogP) is 10.4. The topological polar surface area (TPSA) is 158 Å². The van der Waals surface area contributed by atoms with Gasteiger partial charge in [0.05, 0.1) is 31.0 Å². The number of carbonyl (C=O) groups excluding carboxylic acids is 3. The first-order chi connectivity index (χ1) is 31.5. The van der Waals surface area contributed by atoms with Crippen LogP contribution in [0.25, 0.3) is 17.2 Å². The molecule has 65 heavy (non-hydrogen) atoms. The molecule has 3 N–H and O–H groups in total. The van der Waals surface area contributed by atoms with E-state index in [1.807, 2.05) is 95.9 Å². The van der Waals surface area contributed by atoms with E-state index in [1.165, 1.54) is 6.08 Å². The molecule has 0 saturated carbocycles. The third kappa shape index (κ3) is 13.8. The molecule has 0 bridgehead atoms. The number of carbonyl (C=O) groups is 3. The SMILES string of the molecule is CCC[C@H](NC(=O)/C(C#N)=C/c1cccc(Br)n1)c1ccc(CC/C=N/OCCOCCNC(=O)c2ccc(-c3ccc4c(c3)[C@H](Nc3ccc(Cl)cc3)C[C@H](C)N4C(C)=O)cc2)cc1. The van der Waals surface area contributed by atoms with Gasteiger partial charge in [-0.3, -0.25) is 14.4 Å². The molecular weight excluding hydrogens is 906 g/mol. The number of fused-ring (bicyclic) bond motifs is 1. The van der Waals surface area contributed by atoms with Gasteiger partial charge in [-0.2, -0.15) is 5.26 Å². The summed E-state index contributed by atoms with van der Waals surface area (Å²) >= 11 is 9.44. The smallest absolute Gasteiger partial charge is 0.262 e. The Bertz CT molecular complexity index is 2510. The zero-order chi connectivity index (χ0) is 46.1. The summed E-state index contributed by atoms with van der Waals surface area (Å²) in [7, 11) is 0. The number of hydrogen-bond donors (Lipinski definition) is 3. The number of pyridine rings is 1. The average molecular weight is 959 g/mol. The Hall–Kier alpha value is -6.33. The Kier molecular flexibility index (Phi) is 17.8. The van der Waals surface area contributed by atoms with E-state index in [2.05, 4.69) is 61.9 Å². The Morgan fingerprint density at radius 1 is 0.985 bits per heavy atom. The van der Waals surface area contributed by atoms with Gasteiger partial charge in [0.25, 0.3) is 11.8 Å². The summed E-state index contributed by atoms with van der Waals surface area (Å²) in [5.41, 5.74) is 7.95. The second-order valence-corrected chi connectivity index (χ2v) is 16.9. The molecule has 2 heterocycles. The van der Waals surface area contributed by atoms with Crippen LogP contribution < -0.4 is 20.9 Å². The molecule has 1 aliphatic heterocycles. The summed E-state index contributed by atoms with van der Waals surface area (Å²) in [4.78, 5) is 50.1. The maximum Gasteiger partial charge on any atom is 0.262 e. The largest absolute Gasteiger partial charge is 0.394 e. The van der Waals surface area contributed by atoms with Gasteiger partial charge in [0.1, 0.15) is 22.9 Å². The van der Waals surface area contributed by atoms with E-state index in [0.717, 1.165) is 64.9 Å². The number of halogens is 2. The van der Waals surface area contributed by atoms with Gasteiger partial charge in [-0.05, 0) is 143 Å². The van der Waals surface area contributed by atoms with Crippen molar-refractivity contribution >= 4 is 68.9 Å². The van der Waals surface area contributed by atoms with Gasteiger partial charge in [0, 0.05) is 47.7 Å². The number of nitrogens with zero attached hydrogens (tertiary/aromatic N) is 4. The molecule has 3 atom stereocenters. The molecule has 336 valence electrons. The molecule has 3 amide bonds. The minimum Gasteiger partial charge on any atom is -0.394 e. The van der Waals surface area contributed by atoms with E-state index in [0.29, 0.717) is 47.1 Å². The van der Waals surface area contributed by atoms with Crippen LogP contribution in [-0.2, 0) is 25.6 Å². The minimum absolute atomic E-state index is 0.00397. The first-order valence-electron chi connectivity index (χ1n) is 21.7. The van der Waals surface area contributed by atoms with Crippen molar-refractivity contribution in [3.05, 3.63) is 152 Å². The third-order valence-corrected chi connectivity index (χ3v) is 11.6. The lowest BCUT2D eigenvalue weighted by atomic mass is 9.88. The van der Waals surface area contributed by atoms with E-state index in [4.69, 9.17) is 21.2 Å². The highest BCUT2D eigenvalue weighted by atomic mass is 79.9. The van der Waals surface area contributed by atoms with Crippen LogP contribution >= 0.6 is 27.5 Å². The zero-order valence-electron chi connectivity index (χ0n) is 36.7. The van der Waals surface area contributed by atoms with Crippen molar-refractivity contribution in [1.29, 1.82) is 5.26 Å². The summed E-state index contributed by atoms with van der Waals surface area (Å²) < 4.78 is 6.24. The number of hydrogen-bond acceptors (Lipinski definition) is 9. The van der Waals surface area contributed by atoms with Gasteiger partial charge >= 0.3 is 0 Å². The van der Waals surface area contributed by atoms with Gasteiger partial charge in [0.2, 0.25) is 5.91 Å². The Morgan fingerprint density at radius 3 is 2.45 bits per heavy atom. The lowest BCUT2D eigenvalue weighted by Crippen LogP contribution is -2.43. The van der Waals surface area contributed by atoms with Crippen LogP contribution in [0.1, 0.15) is 91.3 Å². The average Bonchev–Trinajstić information content (AvgIpc) is 3.30. The minimum atomic E-state index is -0.439. The quantitative estimate of drug-likeness (QED) is 0.0174. The van der Waals surface area contributed by atoms with Crippen LogP contribution in [0.2, 0.25) is 5.02 Å². The highest BCUT2D eigenvalue weighted by Gasteiger charge is 2.33. The van der Waals surface area contributed by atoms with Gasteiger partial charge in [-0.25, -0.2) is 4.98 Å². The number of ether oxygens (including phenoxy) is 1. The second-order valence-electron chi connectivity index (χ2n) is 15.7. The highest BCUT2D eigenvalue weighted by molar-refractivity contribution is 9.10. The van der Waals surface area contributed by atoms with Crippen LogP contribution in [0.15, 0.2) is 125 Å². The summed E-state index contributed by atoms with van der Waals surface area (Å²) in [5.74, 6) is -0.630. The van der Waals surface area contributed by atoms with Crippen LogP contribution in [0.4, 0.5) is 11.4 Å². The summed E-state index contributed by atoms with van der Waals surface area (Å²) in [6.07, 6.45) is 6.97. The first-order valence-corrected chi connectivity index (χ1v) is 22.9. The fourth-order valence-electron chi connectivity index (χ4n) is 7.71. The van der Waals surface area contributed by atoms with Crippen molar-refractivity contribution < 1.29 is 24.0 Å². The molecule has 12 nitrogen and oxygen atoms in total. The normalized spacial score (nSPS) is 15.1. The molecule has 1 aliphatic rings. The molecule has 0 spiro atoms. The zero-order valence-corrected chi connectivity index (χ0v) is 39.1. The fraction of sp³-hybridized carbons (Fsp3) is 0.294. The molecule has 0 unspecified atom stereocenters. The molecule has 14 heteroatoms. The molecule has 4 aromatic carbocycles. The van der Waals surface area contributed by atoms with E-state index >= 15 is 0 Å². The fourth-order valence-corrected chi connectivity index (χ4v) is 8.20. The number of anilines is 2. The predicted molar refractivity (Wildman–Crippen MR) is 261 cm³/mol.